The lowest BCUT2D eigenvalue weighted by Gasteiger charge is -2.07. The van der Waals surface area contributed by atoms with Crippen LogP contribution in [0, 0.1) is 0 Å². The molecule has 2 rings (SSSR count). The maximum atomic E-state index is 12.1. The molecule has 2 aromatic carbocycles. The molecule has 6 heteroatoms. The predicted octanol–water partition coefficient (Wildman–Crippen LogP) is 3.14. The van der Waals surface area contributed by atoms with Gasteiger partial charge in [-0.05, 0) is 36.4 Å². The van der Waals surface area contributed by atoms with Crippen molar-refractivity contribution in [2.75, 3.05) is 26.6 Å². The smallest absolute Gasteiger partial charge is 0.337 e. The fourth-order valence-electron chi connectivity index (χ4n) is 2.15. The molecule has 0 spiro atoms. The molecule has 0 radical (unpaired) electrons. The molecule has 0 saturated heterocycles. The van der Waals surface area contributed by atoms with E-state index in [1.54, 1.807) is 62.8 Å². The van der Waals surface area contributed by atoms with Gasteiger partial charge < -0.3 is 19.5 Å². The Kier molecular flexibility index (Phi) is 6.17. The maximum absolute atomic E-state index is 12.1. The minimum atomic E-state index is -0.463. The number of amides is 1. The summed E-state index contributed by atoms with van der Waals surface area (Å²) in [7, 11) is 4.42. The lowest BCUT2D eigenvalue weighted by Crippen LogP contribution is -2.09. The molecule has 2 aromatic rings. The molecule has 1 N–H and O–H groups in total. The van der Waals surface area contributed by atoms with Crippen LogP contribution in [0.25, 0.3) is 6.08 Å². The number of hydrogen-bond acceptors (Lipinski definition) is 5. The first kappa shape index (κ1) is 18.1. The fraction of sp³-hybridized carbons (Fsp3) is 0.158. The van der Waals surface area contributed by atoms with Crippen LogP contribution in [0.1, 0.15) is 15.9 Å². The highest BCUT2D eigenvalue weighted by Crippen LogP contribution is 2.25. The Morgan fingerprint density at radius 1 is 1.00 bits per heavy atom. The van der Waals surface area contributed by atoms with Gasteiger partial charge in [0, 0.05) is 23.4 Å². The van der Waals surface area contributed by atoms with Gasteiger partial charge in [-0.15, -0.1) is 0 Å². The van der Waals surface area contributed by atoms with Crippen LogP contribution >= 0.6 is 0 Å². The van der Waals surface area contributed by atoms with E-state index >= 15 is 0 Å². The molecule has 0 aliphatic rings. The van der Waals surface area contributed by atoms with Crippen LogP contribution in [-0.4, -0.2) is 33.2 Å². The zero-order valence-corrected chi connectivity index (χ0v) is 14.2. The van der Waals surface area contributed by atoms with E-state index in [0.717, 1.165) is 5.56 Å². The van der Waals surface area contributed by atoms with E-state index in [0.29, 0.717) is 22.7 Å². The van der Waals surface area contributed by atoms with Crippen LogP contribution in [0.4, 0.5) is 5.69 Å². The van der Waals surface area contributed by atoms with Gasteiger partial charge in [0.1, 0.15) is 11.5 Å². The van der Waals surface area contributed by atoms with Crippen molar-refractivity contribution in [2.45, 2.75) is 0 Å². The Morgan fingerprint density at radius 3 is 2.48 bits per heavy atom. The van der Waals surface area contributed by atoms with E-state index in [2.05, 4.69) is 10.1 Å². The zero-order chi connectivity index (χ0) is 18.2. The molecule has 0 aromatic heterocycles. The van der Waals surface area contributed by atoms with Crippen molar-refractivity contribution < 1.29 is 23.8 Å². The lowest BCUT2D eigenvalue weighted by molar-refractivity contribution is -0.111. The standard InChI is InChI=1S/C19H19NO5/c1-23-16-9-7-13(17(12-16)24-2)8-10-18(21)20-15-6-4-5-14(11-15)19(22)25-3/h4-12H,1-3H3,(H,20,21)/b10-8+. The zero-order valence-electron chi connectivity index (χ0n) is 14.2. The summed E-state index contributed by atoms with van der Waals surface area (Å²) in [5.41, 5.74) is 1.60. The second kappa shape index (κ2) is 8.54. The molecule has 0 atom stereocenters. The number of anilines is 1. The largest absolute Gasteiger partial charge is 0.497 e. The highest BCUT2D eigenvalue weighted by molar-refractivity contribution is 6.02. The third-order valence-corrected chi connectivity index (χ3v) is 3.41. The Labute approximate surface area is 146 Å². The molecule has 25 heavy (non-hydrogen) atoms. The van der Waals surface area contributed by atoms with E-state index in [9.17, 15) is 9.59 Å². The third-order valence-electron chi connectivity index (χ3n) is 3.41. The summed E-state index contributed by atoms with van der Waals surface area (Å²) in [6.45, 7) is 0. The van der Waals surface area contributed by atoms with Crippen LogP contribution < -0.4 is 14.8 Å². The van der Waals surface area contributed by atoms with Crippen LogP contribution in [0.15, 0.2) is 48.5 Å². The summed E-state index contributed by atoms with van der Waals surface area (Å²) in [5, 5.41) is 2.69. The number of carbonyl (C=O) groups is 2. The molecule has 6 nitrogen and oxygen atoms in total. The van der Waals surface area contributed by atoms with Crippen LogP contribution in [0.2, 0.25) is 0 Å². The number of benzene rings is 2. The highest BCUT2D eigenvalue weighted by Gasteiger charge is 2.07. The molecule has 0 unspecified atom stereocenters. The van der Waals surface area contributed by atoms with Crippen LogP contribution in [-0.2, 0) is 9.53 Å². The predicted molar refractivity (Wildman–Crippen MR) is 95.0 cm³/mol. The van der Waals surface area contributed by atoms with Crippen molar-refractivity contribution in [1.82, 2.24) is 0 Å². The minimum absolute atomic E-state index is 0.333. The third kappa shape index (κ3) is 4.84. The van der Waals surface area contributed by atoms with Gasteiger partial charge in [-0.3, -0.25) is 4.79 Å². The molecule has 0 heterocycles. The van der Waals surface area contributed by atoms with Crippen molar-refractivity contribution in [3.05, 3.63) is 59.7 Å². The van der Waals surface area contributed by atoms with Gasteiger partial charge in [-0.25, -0.2) is 4.79 Å². The summed E-state index contributed by atoms with van der Waals surface area (Å²) in [5.74, 6) is 0.462. The van der Waals surface area contributed by atoms with Crippen molar-refractivity contribution in [1.29, 1.82) is 0 Å². The molecule has 130 valence electrons. The van der Waals surface area contributed by atoms with E-state index < -0.39 is 5.97 Å². The quantitative estimate of drug-likeness (QED) is 0.645. The molecule has 0 aliphatic carbocycles. The average molecular weight is 341 g/mol. The van der Waals surface area contributed by atoms with Crippen molar-refractivity contribution >= 4 is 23.6 Å². The molecule has 0 saturated carbocycles. The van der Waals surface area contributed by atoms with E-state index in [1.807, 2.05) is 0 Å². The van der Waals surface area contributed by atoms with Crippen LogP contribution in [0.5, 0.6) is 11.5 Å². The van der Waals surface area contributed by atoms with Gasteiger partial charge in [-0.2, -0.15) is 0 Å². The van der Waals surface area contributed by atoms with Crippen molar-refractivity contribution in [3.8, 4) is 11.5 Å². The molecule has 0 bridgehead atoms. The van der Waals surface area contributed by atoms with Crippen molar-refractivity contribution in [3.63, 3.8) is 0 Å². The molecular weight excluding hydrogens is 322 g/mol. The number of carbonyl (C=O) groups excluding carboxylic acids is 2. The molecule has 0 aliphatic heterocycles. The maximum Gasteiger partial charge on any atom is 0.337 e. The Hall–Kier alpha value is -3.28. The fourth-order valence-corrected chi connectivity index (χ4v) is 2.15. The molecule has 1 amide bonds. The summed E-state index contributed by atoms with van der Waals surface area (Å²) in [4.78, 5) is 23.6. The van der Waals surface area contributed by atoms with Gasteiger partial charge in [0.15, 0.2) is 0 Å². The first-order valence-corrected chi connectivity index (χ1v) is 7.47. The van der Waals surface area contributed by atoms with Gasteiger partial charge in [0.2, 0.25) is 5.91 Å². The summed E-state index contributed by atoms with van der Waals surface area (Å²) < 4.78 is 15.1. The molecular formula is C19H19NO5. The van der Waals surface area contributed by atoms with Gasteiger partial charge in [0.05, 0.1) is 26.9 Å². The highest BCUT2D eigenvalue weighted by atomic mass is 16.5. The number of esters is 1. The second-order valence-electron chi connectivity index (χ2n) is 5.00. The van der Waals surface area contributed by atoms with Gasteiger partial charge in [0.25, 0.3) is 0 Å². The normalized spacial score (nSPS) is 10.4. The SMILES string of the molecule is COC(=O)c1cccc(NC(=O)/C=C/c2ccc(OC)cc2OC)c1. The Balaban J connectivity index is 2.10. The first-order chi connectivity index (χ1) is 12.1. The summed E-state index contributed by atoms with van der Waals surface area (Å²) >= 11 is 0. The van der Waals surface area contributed by atoms with E-state index in [1.165, 1.54) is 13.2 Å². The minimum Gasteiger partial charge on any atom is -0.497 e. The summed E-state index contributed by atoms with van der Waals surface area (Å²) in [6.07, 6.45) is 3.02. The van der Waals surface area contributed by atoms with Gasteiger partial charge >= 0.3 is 5.97 Å². The lowest BCUT2D eigenvalue weighted by atomic mass is 10.1. The second-order valence-corrected chi connectivity index (χ2v) is 5.00. The van der Waals surface area contributed by atoms with E-state index in [4.69, 9.17) is 9.47 Å². The van der Waals surface area contributed by atoms with Gasteiger partial charge in [-0.1, -0.05) is 6.07 Å². The average Bonchev–Trinajstić information content (AvgIpc) is 2.65. The summed E-state index contributed by atoms with van der Waals surface area (Å²) in [6, 6.07) is 11.8. The van der Waals surface area contributed by atoms with E-state index in [-0.39, 0.29) is 5.91 Å². The number of hydrogen-bond donors (Lipinski definition) is 1. The molecule has 0 fully saturated rings. The number of nitrogens with one attached hydrogen (secondary N) is 1. The number of methoxy groups -OCH3 is 3. The van der Waals surface area contributed by atoms with Crippen molar-refractivity contribution in [2.24, 2.45) is 0 Å². The Morgan fingerprint density at radius 2 is 1.80 bits per heavy atom. The topological polar surface area (TPSA) is 73.9 Å². The monoisotopic (exact) mass is 341 g/mol. The number of rotatable bonds is 6. The first-order valence-electron chi connectivity index (χ1n) is 7.47. The Bertz CT molecular complexity index is 798. The number of ether oxygens (including phenoxy) is 3. The van der Waals surface area contributed by atoms with Crippen LogP contribution in [0.3, 0.4) is 0 Å².